The Kier molecular flexibility index (Phi) is 5.96. The fraction of sp³-hybridized carbons (Fsp3) is 0.429. The molecule has 0 saturated heterocycles. The van der Waals surface area contributed by atoms with Crippen LogP contribution in [0.15, 0.2) is 29.2 Å². The molecule has 1 unspecified atom stereocenters. The zero-order valence-corrected chi connectivity index (χ0v) is 11.1. The van der Waals surface area contributed by atoms with Crippen molar-refractivity contribution in [2.45, 2.75) is 44.1 Å². The molecule has 0 N–H and O–H groups in total. The second kappa shape index (κ2) is 7.26. The van der Waals surface area contributed by atoms with Crippen LogP contribution in [0.4, 0.5) is 0 Å². The maximum atomic E-state index is 11.9. The third kappa shape index (κ3) is 4.72. The van der Waals surface area contributed by atoms with E-state index in [0.717, 1.165) is 24.8 Å². The lowest BCUT2D eigenvalue weighted by Crippen LogP contribution is -2.12. The maximum absolute atomic E-state index is 11.9. The minimum atomic E-state index is -1.47. The van der Waals surface area contributed by atoms with E-state index in [-0.39, 0.29) is 6.10 Å². The minimum Gasteiger partial charge on any atom is -0.270 e. The largest absolute Gasteiger partial charge is 0.270 e. The summed E-state index contributed by atoms with van der Waals surface area (Å²) in [5, 5.41) is 0. The highest BCUT2D eigenvalue weighted by Gasteiger charge is 2.11. The summed E-state index contributed by atoms with van der Waals surface area (Å²) in [6, 6.07) is 7.43. The molecular formula is C14H18O2S. The van der Waals surface area contributed by atoms with Gasteiger partial charge in [-0.05, 0) is 25.5 Å². The van der Waals surface area contributed by atoms with E-state index >= 15 is 0 Å². The number of aryl methyl sites for hydroxylation is 1. The number of rotatable bonds is 6. The first kappa shape index (κ1) is 14.0. The van der Waals surface area contributed by atoms with Crippen LogP contribution in [0.1, 0.15) is 31.7 Å². The van der Waals surface area contributed by atoms with Crippen molar-refractivity contribution in [2.75, 3.05) is 0 Å². The summed E-state index contributed by atoms with van der Waals surface area (Å²) in [4.78, 5) is 0.660. The molecular weight excluding hydrogens is 232 g/mol. The molecule has 92 valence electrons. The van der Waals surface area contributed by atoms with Gasteiger partial charge in [0.2, 0.25) is 0 Å². The van der Waals surface area contributed by atoms with Crippen LogP contribution in [0.2, 0.25) is 0 Å². The molecule has 0 radical (unpaired) electrons. The summed E-state index contributed by atoms with van der Waals surface area (Å²) in [5.74, 6) is 2.53. The molecule has 3 heteroatoms. The smallest absolute Gasteiger partial charge is 0.190 e. The number of hydrogen-bond donors (Lipinski definition) is 0. The fourth-order valence-corrected chi connectivity index (χ4v) is 2.19. The quantitative estimate of drug-likeness (QED) is 0.725. The van der Waals surface area contributed by atoms with E-state index in [1.54, 1.807) is 12.1 Å². The van der Waals surface area contributed by atoms with E-state index in [1.807, 2.05) is 19.1 Å². The van der Waals surface area contributed by atoms with Gasteiger partial charge in [0, 0.05) is 0 Å². The van der Waals surface area contributed by atoms with Crippen molar-refractivity contribution in [3.8, 4) is 12.3 Å². The van der Waals surface area contributed by atoms with E-state index in [2.05, 4.69) is 12.8 Å². The van der Waals surface area contributed by atoms with E-state index in [4.69, 9.17) is 10.6 Å². The third-order valence-electron chi connectivity index (χ3n) is 2.42. The summed E-state index contributed by atoms with van der Waals surface area (Å²) in [5.41, 5.74) is 1.13. The fourth-order valence-electron chi connectivity index (χ4n) is 1.36. The highest BCUT2D eigenvalue weighted by molar-refractivity contribution is 7.80. The summed E-state index contributed by atoms with van der Waals surface area (Å²) in [7, 11) is 0. The number of unbranched alkanes of at least 4 members (excludes halogenated alkanes) is 1. The molecule has 1 aromatic carbocycles. The molecule has 2 nitrogen and oxygen atoms in total. The Balaban J connectivity index is 2.59. The van der Waals surface area contributed by atoms with Crippen LogP contribution in [-0.2, 0) is 15.3 Å². The Labute approximate surface area is 106 Å². The molecule has 0 bridgehead atoms. The van der Waals surface area contributed by atoms with E-state index in [0.29, 0.717) is 4.90 Å². The predicted molar refractivity (Wildman–Crippen MR) is 70.8 cm³/mol. The topological polar surface area (TPSA) is 26.3 Å². The van der Waals surface area contributed by atoms with Gasteiger partial charge in [-0.1, -0.05) is 43.4 Å². The van der Waals surface area contributed by atoms with Crippen LogP contribution in [0.25, 0.3) is 0 Å². The molecule has 17 heavy (non-hydrogen) atoms. The average molecular weight is 250 g/mol. The van der Waals surface area contributed by atoms with Gasteiger partial charge in [-0.15, -0.1) is 6.42 Å². The highest BCUT2D eigenvalue weighted by Crippen LogP contribution is 2.13. The van der Waals surface area contributed by atoms with Crippen LogP contribution >= 0.6 is 0 Å². The Morgan fingerprint density at radius 3 is 2.59 bits per heavy atom. The standard InChI is InChI=1S/C14H18O2S/c1-4-6-7-13(5-2)16-17(15)14-10-8-12(3)9-11-14/h2,8-11,13H,4,6-7H2,1,3H3/t13-,17?/m1/s1. The first-order chi connectivity index (χ1) is 8.17. The number of terminal acetylenes is 1. The first-order valence-corrected chi connectivity index (χ1v) is 6.86. The lowest BCUT2D eigenvalue weighted by atomic mass is 10.2. The van der Waals surface area contributed by atoms with Crippen LogP contribution in [0, 0.1) is 19.3 Å². The summed E-state index contributed by atoms with van der Waals surface area (Å²) >= 11 is -1.47. The van der Waals surface area contributed by atoms with Crippen molar-refractivity contribution in [3.63, 3.8) is 0 Å². The monoisotopic (exact) mass is 250 g/mol. The minimum absolute atomic E-state index is 0.364. The molecule has 0 aliphatic heterocycles. The molecule has 0 aliphatic rings. The third-order valence-corrected chi connectivity index (χ3v) is 3.49. The van der Waals surface area contributed by atoms with Gasteiger partial charge < -0.3 is 0 Å². The van der Waals surface area contributed by atoms with Gasteiger partial charge in [-0.3, -0.25) is 4.18 Å². The second-order valence-electron chi connectivity index (χ2n) is 3.94. The summed E-state index contributed by atoms with van der Waals surface area (Å²) < 4.78 is 17.2. The molecule has 0 amide bonds. The van der Waals surface area contributed by atoms with Gasteiger partial charge in [0.15, 0.2) is 11.1 Å². The maximum Gasteiger partial charge on any atom is 0.190 e. The molecule has 1 aromatic rings. The Hall–Kier alpha value is -1.11. The molecule has 1 rings (SSSR count). The summed E-state index contributed by atoms with van der Waals surface area (Å²) in [6.07, 6.45) is 7.79. The average Bonchev–Trinajstić information content (AvgIpc) is 2.35. The zero-order valence-electron chi connectivity index (χ0n) is 10.3. The SMILES string of the molecule is C#C[C@H](CCCC)OS(=O)c1ccc(C)cc1. The normalized spacial score (nSPS) is 13.9. The molecule has 0 aliphatic carbocycles. The number of benzene rings is 1. The zero-order chi connectivity index (χ0) is 12.7. The van der Waals surface area contributed by atoms with Crippen molar-refractivity contribution < 1.29 is 8.39 Å². The lowest BCUT2D eigenvalue weighted by Gasteiger charge is -2.10. The van der Waals surface area contributed by atoms with E-state index < -0.39 is 11.1 Å². The van der Waals surface area contributed by atoms with Gasteiger partial charge in [-0.2, -0.15) is 0 Å². The molecule has 0 heterocycles. The van der Waals surface area contributed by atoms with Gasteiger partial charge in [0.25, 0.3) is 0 Å². The Morgan fingerprint density at radius 2 is 2.06 bits per heavy atom. The van der Waals surface area contributed by atoms with Gasteiger partial charge in [0.05, 0.1) is 4.90 Å². The Bertz CT molecular complexity index is 403. The van der Waals surface area contributed by atoms with Crippen molar-refractivity contribution >= 4 is 11.1 Å². The Morgan fingerprint density at radius 1 is 1.41 bits per heavy atom. The number of hydrogen-bond acceptors (Lipinski definition) is 2. The molecule has 0 saturated carbocycles. The second-order valence-corrected chi connectivity index (χ2v) is 5.07. The van der Waals surface area contributed by atoms with E-state index in [1.165, 1.54) is 0 Å². The van der Waals surface area contributed by atoms with Crippen molar-refractivity contribution in [1.29, 1.82) is 0 Å². The summed E-state index contributed by atoms with van der Waals surface area (Å²) in [6.45, 7) is 4.07. The van der Waals surface area contributed by atoms with Crippen LogP contribution < -0.4 is 0 Å². The molecule has 0 fully saturated rings. The van der Waals surface area contributed by atoms with Gasteiger partial charge >= 0.3 is 0 Å². The van der Waals surface area contributed by atoms with Gasteiger partial charge in [-0.25, -0.2) is 4.21 Å². The van der Waals surface area contributed by atoms with Crippen molar-refractivity contribution in [1.82, 2.24) is 0 Å². The van der Waals surface area contributed by atoms with Crippen LogP contribution in [0.3, 0.4) is 0 Å². The van der Waals surface area contributed by atoms with Crippen LogP contribution in [0.5, 0.6) is 0 Å². The van der Waals surface area contributed by atoms with E-state index in [9.17, 15) is 4.21 Å². The van der Waals surface area contributed by atoms with Crippen molar-refractivity contribution in [3.05, 3.63) is 29.8 Å². The lowest BCUT2D eigenvalue weighted by molar-refractivity contribution is 0.270. The van der Waals surface area contributed by atoms with Gasteiger partial charge in [0.1, 0.15) is 6.10 Å². The molecule has 0 aromatic heterocycles. The molecule has 0 spiro atoms. The van der Waals surface area contributed by atoms with Crippen LogP contribution in [-0.4, -0.2) is 10.3 Å². The first-order valence-electron chi connectivity index (χ1n) is 5.79. The predicted octanol–water partition coefficient (Wildman–Crippen LogP) is 3.23. The van der Waals surface area contributed by atoms with Crippen molar-refractivity contribution in [2.24, 2.45) is 0 Å². The highest BCUT2D eigenvalue weighted by atomic mass is 32.2. The molecule has 2 atom stereocenters.